The number of carbonyl (C=O) groups is 1. The lowest BCUT2D eigenvalue weighted by Gasteiger charge is -2.24. The molecule has 0 heterocycles. The highest BCUT2D eigenvalue weighted by Gasteiger charge is 2.17. The van der Waals surface area contributed by atoms with Crippen LogP contribution >= 0.6 is 12.2 Å². The standard InChI is InChI=1S/C21H23N3O2S/c1-2-26-19-12-7-6-11-18(19)20(25)23-21(27)24(15-8-14-22)16-13-17-9-4-3-5-10-17/h3-7,9-12H,2,8,13,15-16H2,1H3,(H,23,25,27). The van der Waals surface area contributed by atoms with Gasteiger partial charge in [-0.3, -0.25) is 10.1 Å². The quantitative estimate of drug-likeness (QED) is 0.708. The van der Waals surface area contributed by atoms with Crippen LogP contribution in [0.2, 0.25) is 0 Å². The average Bonchev–Trinajstić information content (AvgIpc) is 2.69. The summed E-state index contributed by atoms with van der Waals surface area (Å²) in [6.07, 6.45) is 1.11. The third kappa shape index (κ3) is 6.39. The molecule has 0 aliphatic rings. The molecule has 0 bridgehead atoms. The molecule has 0 unspecified atom stereocenters. The largest absolute Gasteiger partial charge is 0.493 e. The summed E-state index contributed by atoms with van der Waals surface area (Å²) in [6.45, 7) is 3.43. The minimum absolute atomic E-state index is 0.314. The van der Waals surface area contributed by atoms with E-state index in [2.05, 4.69) is 11.4 Å². The van der Waals surface area contributed by atoms with Gasteiger partial charge >= 0.3 is 0 Å². The summed E-state index contributed by atoms with van der Waals surface area (Å²) in [4.78, 5) is 14.5. The molecule has 0 saturated carbocycles. The molecule has 0 aliphatic heterocycles. The summed E-state index contributed by atoms with van der Waals surface area (Å²) in [6, 6.07) is 19.2. The molecule has 5 nitrogen and oxygen atoms in total. The number of nitriles is 1. The van der Waals surface area contributed by atoms with Crippen LogP contribution in [0.25, 0.3) is 0 Å². The van der Waals surface area contributed by atoms with Gasteiger partial charge in [0.15, 0.2) is 5.11 Å². The highest BCUT2D eigenvalue weighted by molar-refractivity contribution is 7.80. The molecule has 2 aromatic rings. The zero-order chi connectivity index (χ0) is 19.5. The Labute approximate surface area is 165 Å². The van der Waals surface area contributed by atoms with Gasteiger partial charge in [-0.25, -0.2) is 0 Å². The Bertz CT molecular complexity index is 803. The number of amides is 1. The van der Waals surface area contributed by atoms with Crippen LogP contribution in [0.15, 0.2) is 54.6 Å². The molecule has 0 radical (unpaired) electrons. The van der Waals surface area contributed by atoms with Crippen LogP contribution in [-0.2, 0) is 6.42 Å². The summed E-state index contributed by atoms with van der Waals surface area (Å²) in [7, 11) is 0. The van der Waals surface area contributed by atoms with Crippen LogP contribution in [0.1, 0.15) is 29.3 Å². The minimum atomic E-state index is -0.314. The lowest BCUT2D eigenvalue weighted by molar-refractivity contribution is 0.0969. The first-order valence-electron chi connectivity index (χ1n) is 8.88. The van der Waals surface area contributed by atoms with Crippen molar-refractivity contribution in [1.82, 2.24) is 10.2 Å². The van der Waals surface area contributed by atoms with E-state index in [1.807, 2.05) is 48.2 Å². The molecule has 1 amide bonds. The molecule has 6 heteroatoms. The predicted octanol–water partition coefficient (Wildman–Crippen LogP) is 3.56. The Morgan fingerprint density at radius 3 is 2.56 bits per heavy atom. The van der Waals surface area contributed by atoms with Gasteiger partial charge < -0.3 is 9.64 Å². The van der Waals surface area contributed by atoms with Crippen molar-refractivity contribution in [1.29, 1.82) is 5.26 Å². The van der Waals surface area contributed by atoms with Crippen molar-refractivity contribution in [2.24, 2.45) is 0 Å². The van der Waals surface area contributed by atoms with Gasteiger partial charge in [0.2, 0.25) is 0 Å². The van der Waals surface area contributed by atoms with E-state index < -0.39 is 0 Å². The molecule has 2 aromatic carbocycles. The Kier molecular flexibility index (Phi) is 8.27. The fraction of sp³-hybridized carbons (Fsp3) is 0.286. The van der Waals surface area contributed by atoms with Gasteiger partial charge in [-0.05, 0) is 43.3 Å². The zero-order valence-corrected chi connectivity index (χ0v) is 16.2. The first-order chi connectivity index (χ1) is 13.2. The highest BCUT2D eigenvalue weighted by atomic mass is 32.1. The summed E-state index contributed by atoms with van der Waals surface area (Å²) in [5, 5.41) is 12.0. The van der Waals surface area contributed by atoms with E-state index in [0.29, 0.717) is 42.5 Å². The van der Waals surface area contributed by atoms with E-state index in [1.165, 1.54) is 5.56 Å². The molecule has 27 heavy (non-hydrogen) atoms. The van der Waals surface area contributed by atoms with Crippen LogP contribution < -0.4 is 10.1 Å². The van der Waals surface area contributed by atoms with Gasteiger partial charge in [-0.1, -0.05) is 42.5 Å². The normalized spacial score (nSPS) is 9.93. The molecular formula is C21H23N3O2S. The lowest BCUT2D eigenvalue weighted by atomic mass is 10.1. The molecule has 0 aromatic heterocycles. The Morgan fingerprint density at radius 1 is 1.15 bits per heavy atom. The summed E-state index contributed by atoms with van der Waals surface area (Å²) in [5.41, 5.74) is 1.61. The van der Waals surface area contributed by atoms with Crippen LogP contribution in [0, 0.1) is 11.3 Å². The second kappa shape index (κ2) is 10.9. The molecule has 0 fully saturated rings. The van der Waals surface area contributed by atoms with Crippen molar-refractivity contribution in [2.75, 3.05) is 19.7 Å². The van der Waals surface area contributed by atoms with Crippen LogP contribution in [0.4, 0.5) is 0 Å². The van der Waals surface area contributed by atoms with Gasteiger partial charge in [-0.15, -0.1) is 0 Å². The topological polar surface area (TPSA) is 65.4 Å². The zero-order valence-electron chi connectivity index (χ0n) is 15.4. The number of nitrogens with one attached hydrogen (secondary N) is 1. The first kappa shape index (κ1) is 20.4. The number of nitrogens with zero attached hydrogens (tertiary/aromatic N) is 2. The molecule has 0 spiro atoms. The summed E-state index contributed by atoms with van der Waals surface area (Å²) >= 11 is 5.43. The Balaban J connectivity index is 2.04. The number of hydrogen-bond acceptors (Lipinski definition) is 4. The summed E-state index contributed by atoms with van der Waals surface area (Å²) < 4.78 is 5.51. The molecule has 2 rings (SSSR count). The monoisotopic (exact) mass is 381 g/mol. The molecule has 1 N–H and O–H groups in total. The molecule has 0 atom stereocenters. The maximum Gasteiger partial charge on any atom is 0.261 e. The molecule has 0 saturated heterocycles. The fourth-order valence-corrected chi connectivity index (χ4v) is 2.86. The fourth-order valence-electron chi connectivity index (χ4n) is 2.59. The maximum absolute atomic E-state index is 12.6. The van der Waals surface area contributed by atoms with E-state index in [9.17, 15) is 4.79 Å². The van der Waals surface area contributed by atoms with E-state index in [4.69, 9.17) is 22.2 Å². The van der Waals surface area contributed by atoms with Gasteiger partial charge in [-0.2, -0.15) is 5.26 Å². The second-order valence-electron chi connectivity index (χ2n) is 5.82. The number of carbonyl (C=O) groups excluding carboxylic acids is 1. The number of rotatable bonds is 8. The number of ether oxygens (including phenoxy) is 1. The van der Waals surface area contributed by atoms with Crippen molar-refractivity contribution in [3.05, 3.63) is 65.7 Å². The SMILES string of the molecule is CCOc1ccccc1C(=O)NC(=S)N(CCC#N)CCc1ccccc1. The Morgan fingerprint density at radius 2 is 1.85 bits per heavy atom. The predicted molar refractivity (Wildman–Crippen MR) is 110 cm³/mol. The van der Waals surface area contributed by atoms with Crippen LogP contribution in [-0.4, -0.2) is 35.6 Å². The van der Waals surface area contributed by atoms with Crippen LogP contribution in [0.3, 0.4) is 0 Å². The smallest absolute Gasteiger partial charge is 0.261 e. The minimum Gasteiger partial charge on any atom is -0.493 e. The van der Waals surface area contributed by atoms with Crippen molar-refractivity contribution in [3.63, 3.8) is 0 Å². The van der Waals surface area contributed by atoms with E-state index in [1.54, 1.807) is 18.2 Å². The third-order valence-electron chi connectivity index (χ3n) is 3.95. The van der Waals surface area contributed by atoms with Gasteiger partial charge in [0.05, 0.1) is 24.7 Å². The number of benzene rings is 2. The average molecular weight is 382 g/mol. The third-order valence-corrected chi connectivity index (χ3v) is 4.31. The number of thiocarbonyl (C=S) groups is 1. The van der Waals surface area contributed by atoms with Crippen molar-refractivity contribution in [2.45, 2.75) is 19.8 Å². The van der Waals surface area contributed by atoms with E-state index in [-0.39, 0.29) is 5.91 Å². The van der Waals surface area contributed by atoms with Crippen molar-refractivity contribution >= 4 is 23.2 Å². The molecule has 0 aliphatic carbocycles. The van der Waals surface area contributed by atoms with E-state index >= 15 is 0 Å². The number of hydrogen-bond donors (Lipinski definition) is 1. The first-order valence-corrected chi connectivity index (χ1v) is 9.29. The van der Waals surface area contributed by atoms with E-state index in [0.717, 1.165) is 6.42 Å². The lowest BCUT2D eigenvalue weighted by Crippen LogP contribution is -2.44. The van der Waals surface area contributed by atoms with Gasteiger partial charge in [0, 0.05) is 13.1 Å². The second-order valence-corrected chi connectivity index (χ2v) is 6.21. The van der Waals surface area contributed by atoms with Gasteiger partial charge in [0.1, 0.15) is 5.75 Å². The molecule has 140 valence electrons. The maximum atomic E-state index is 12.6. The number of para-hydroxylation sites is 1. The van der Waals surface area contributed by atoms with Crippen LogP contribution in [0.5, 0.6) is 5.75 Å². The van der Waals surface area contributed by atoms with Crippen molar-refractivity contribution < 1.29 is 9.53 Å². The molecular weight excluding hydrogens is 358 g/mol. The van der Waals surface area contributed by atoms with Gasteiger partial charge in [0.25, 0.3) is 5.91 Å². The Hall–Kier alpha value is -2.91. The highest BCUT2D eigenvalue weighted by Crippen LogP contribution is 2.17. The van der Waals surface area contributed by atoms with Crippen molar-refractivity contribution in [3.8, 4) is 11.8 Å². The summed E-state index contributed by atoms with van der Waals surface area (Å²) in [5.74, 6) is 0.207.